The number of amides is 1. The van der Waals surface area contributed by atoms with E-state index in [1.165, 1.54) is 17.3 Å². The lowest BCUT2D eigenvalue weighted by atomic mass is 10.1. The number of nitrogens with zero attached hydrogens (tertiary/aromatic N) is 1. The van der Waals surface area contributed by atoms with Crippen LogP contribution in [-0.2, 0) is 4.79 Å². The Balaban J connectivity index is 1.98. The summed E-state index contributed by atoms with van der Waals surface area (Å²) in [7, 11) is 0. The highest BCUT2D eigenvalue weighted by Crippen LogP contribution is 2.24. The zero-order chi connectivity index (χ0) is 17.5. The van der Waals surface area contributed by atoms with Gasteiger partial charge < -0.3 is 0 Å². The van der Waals surface area contributed by atoms with Crippen LogP contribution in [0.3, 0.4) is 0 Å². The highest BCUT2D eigenvalue weighted by molar-refractivity contribution is 8.00. The fraction of sp³-hybridized carbons (Fsp3) is 0.263. The van der Waals surface area contributed by atoms with Crippen LogP contribution in [0.15, 0.2) is 58.5 Å². The molecule has 1 atom stereocenters. The molecule has 0 radical (unpaired) electrons. The molecule has 24 heavy (non-hydrogen) atoms. The summed E-state index contributed by atoms with van der Waals surface area (Å²) in [6.07, 6.45) is 0.752. The molecule has 1 N–H and O–H groups in total. The molecule has 0 bridgehead atoms. The molecule has 0 unspecified atom stereocenters. The molecule has 5 heteroatoms. The number of nitrogens with one attached hydrogen (secondary N) is 1. The third-order valence-electron chi connectivity index (χ3n) is 3.52. The molecular formula is C19H21ClN2OS. The normalized spacial score (nSPS) is 12.8. The van der Waals surface area contributed by atoms with E-state index in [1.54, 1.807) is 0 Å². The fourth-order valence-corrected chi connectivity index (χ4v) is 3.07. The summed E-state index contributed by atoms with van der Waals surface area (Å²) in [5.74, 6) is -0.118. The number of benzene rings is 2. The number of thioether (sulfide) groups is 1. The number of rotatable bonds is 6. The van der Waals surface area contributed by atoms with E-state index in [0.717, 1.165) is 22.6 Å². The van der Waals surface area contributed by atoms with E-state index in [2.05, 4.69) is 10.5 Å². The molecule has 0 saturated heterocycles. The number of hydrazone groups is 1. The van der Waals surface area contributed by atoms with Gasteiger partial charge in [-0.25, -0.2) is 5.43 Å². The average molecular weight is 361 g/mol. The summed E-state index contributed by atoms with van der Waals surface area (Å²) in [5.41, 5.74) is 5.78. The minimum Gasteiger partial charge on any atom is -0.272 e. The van der Waals surface area contributed by atoms with Gasteiger partial charge >= 0.3 is 0 Å². The van der Waals surface area contributed by atoms with Crippen molar-refractivity contribution in [2.24, 2.45) is 5.10 Å². The van der Waals surface area contributed by atoms with Crippen LogP contribution in [0.1, 0.15) is 31.4 Å². The summed E-state index contributed by atoms with van der Waals surface area (Å²) >= 11 is 7.35. The molecule has 3 nitrogen and oxygen atoms in total. The van der Waals surface area contributed by atoms with Gasteiger partial charge in [-0.1, -0.05) is 48.4 Å². The minimum atomic E-state index is -0.244. The number of hydrogen-bond donors (Lipinski definition) is 1. The van der Waals surface area contributed by atoms with Crippen molar-refractivity contribution in [2.45, 2.75) is 37.3 Å². The van der Waals surface area contributed by atoms with Crippen molar-refractivity contribution < 1.29 is 4.79 Å². The van der Waals surface area contributed by atoms with Crippen LogP contribution in [0.2, 0.25) is 5.02 Å². The maximum Gasteiger partial charge on any atom is 0.253 e. The maximum absolute atomic E-state index is 12.3. The molecule has 0 aromatic heterocycles. The van der Waals surface area contributed by atoms with Gasteiger partial charge in [0.15, 0.2) is 0 Å². The van der Waals surface area contributed by atoms with Gasteiger partial charge in [0.05, 0.1) is 11.0 Å². The van der Waals surface area contributed by atoms with Gasteiger partial charge in [-0.05, 0) is 50.1 Å². The van der Waals surface area contributed by atoms with Gasteiger partial charge in [0.1, 0.15) is 0 Å². The summed E-state index contributed by atoms with van der Waals surface area (Å²) in [6.45, 7) is 5.93. The number of hydrogen-bond acceptors (Lipinski definition) is 3. The zero-order valence-electron chi connectivity index (χ0n) is 14.0. The predicted molar refractivity (Wildman–Crippen MR) is 103 cm³/mol. The van der Waals surface area contributed by atoms with Crippen molar-refractivity contribution in [3.8, 4) is 0 Å². The standard InChI is InChI=1S/C19H21ClN2OS/c1-4-18(15-7-5-13(2)6-8-15)21-22-19(23)14(3)24-17-11-9-16(20)10-12-17/h5-12,14H,4H2,1-3H3,(H,22,23)/b21-18-/t14-/m1/s1. The smallest absolute Gasteiger partial charge is 0.253 e. The maximum atomic E-state index is 12.3. The summed E-state index contributed by atoms with van der Waals surface area (Å²) in [6, 6.07) is 15.6. The monoisotopic (exact) mass is 360 g/mol. The first-order valence-electron chi connectivity index (χ1n) is 7.85. The molecule has 0 heterocycles. The molecule has 0 aliphatic carbocycles. The van der Waals surface area contributed by atoms with Crippen LogP contribution in [0.5, 0.6) is 0 Å². The van der Waals surface area contributed by atoms with E-state index in [1.807, 2.05) is 69.3 Å². The molecular weight excluding hydrogens is 340 g/mol. The number of aryl methyl sites for hydroxylation is 1. The quantitative estimate of drug-likeness (QED) is 0.444. The van der Waals surface area contributed by atoms with E-state index in [0.29, 0.717) is 5.02 Å². The highest BCUT2D eigenvalue weighted by Gasteiger charge is 2.14. The second kappa shape index (κ2) is 8.90. The van der Waals surface area contributed by atoms with Crippen LogP contribution in [0, 0.1) is 6.92 Å². The lowest BCUT2D eigenvalue weighted by Gasteiger charge is -2.11. The molecule has 0 aliphatic rings. The lowest BCUT2D eigenvalue weighted by Crippen LogP contribution is -2.28. The van der Waals surface area contributed by atoms with Crippen molar-refractivity contribution in [3.05, 3.63) is 64.7 Å². The number of halogens is 1. The molecule has 0 aliphatic heterocycles. The lowest BCUT2D eigenvalue weighted by molar-refractivity contribution is -0.120. The third kappa shape index (κ3) is 5.39. The molecule has 0 fully saturated rings. The van der Waals surface area contributed by atoms with Crippen molar-refractivity contribution in [1.29, 1.82) is 0 Å². The Hall–Kier alpha value is -1.78. The van der Waals surface area contributed by atoms with Crippen molar-refractivity contribution in [2.75, 3.05) is 0 Å². The Bertz CT molecular complexity index is 711. The van der Waals surface area contributed by atoms with Gasteiger partial charge in [-0.3, -0.25) is 4.79 Å². The first kappa shape index (κ1) is 18.6. The molecule has 2 aromatic carbocycles. The SMILES string of the molecule is CC/C(=N/NC(=O)[C@@H](C)Sc1ccc(Cl)cc1)c1ccc(C)cc1. The fourth-order valence-electron chi connectivity index (χ4n) is 2.08. The van der Waals surface area contributed by atoms with Crippen LogP contribution < -0.4 is 5.43 Å². The summed E-state index contributed by atoms with van der Waals surface area (Å²) < 4.78 is 0. The second-order valence-corrected chi connectivity index (χ2v) is 7.32. The predicted octanol–water partition coefficient (Wildman–Crippen LogP) is 5.06. The summed E-state index contributed by atoms with van der Waals surface area (Å²) in [5, 5.41) is 4.74. The van der Waals surface area contributed by atoms with E-state index >= 15 is 0 Å². The Morgan fingerprint density at radius 2 is 1.79 bits per heavy atom. The molecule has 2 rings (SSSR count). The van der Waals surface area contributed by atoms with Crippen molar-refractivity contribution in [3.63, 3.8) is 0 Å². The highest BCUT2D eigenvalue weighted by atomic mass is 35.5. The molecule has 1 amide bonds. The van der Waals surface area contributed by atoms with Gasteiger partial charge in [0.2, 0.25) is 0 Å². The first-order valence-corrected chi connectivity index (χ1v) is 9.11. The van der Waals surface area contributed by atoms with Gasteiger partial charge in [-0.2, -0.15) is 5.10 Å². The Kier molecular flexibility index (Phi) is 6.88. The van der Waals surface area contributed by atoms with Crippen LogP contribution in [0.4, 0.5) is 0 Å². The molecule has 0 spiro atoms. The van der Waals surface area contributed by atoms with E-state index in [9.17, 15) is 4.79 Å². The van der Waals surface area contributed by atoms with E-state index < -0.39 is 0 Å². The van der Waals surface area contributed by atoms with Crippen LogP contribution in [0.25, 0.3) is 0 Å². The topological polar surface area (TPSA) is 41.5 Å². The average Bonchev–Trinajstić information content (AvgIpc) is 2.58. The van der Waals surface area contributed by atoms with Crippen molar-refractivity contribution >= 4 is 35.0 Å². The van der Waals surface area contributed by atoms with E-state index in [4.69, 9.17) is 11.6 Å². The van der Waals surface area contributed by atoms with Crippen molar-refractivity contribution in [1.82, 2.24) is 5.43 Å². The van der Waals surface area contributed by atoms with E-state index in [-0.39, 0.29) is 11.2 Å². The van der Waals surface area contributed by atoms with Gasteiger partial charge in [0, 0.05) is 9.92 Å². The number of carbonyl (C=O) groups excluding carboxylic acids is 1. The largest absolute Gasteiger partial charge is 0.272 e. The summed E-state index contributed by atoms with van der Waals surface area (Å²) in [4.78, 5) is 13.3. The second-order valence-electron chi connectivity index (χ2n) is 5.47. The third-order valence-corrected chi connectivity index (χ3v) is 4.88. The first-order chi connectivity index (χ1) is 11.5. The Labute approximate surface area is 152 Å². The van der Waals surface area contributed by atoms with Gasteiger partial charge in [-0.15, -0.1) is 11.8 Å². The van der Waals surface area contributed by atoms with Crippen LogP contribution in [-0.4, -0.2) is 16.9 Å². The van der Waals surface area contributed by atoms with Gasteiger partial charge in [0.25, 0.3) is 5.91 Å². The molecule has 0 saturated carbocycles. The molecule has 126 valence electrons. The number of carbonyl (C=O) groups is 1. The Morgan fingerprint density at radius 3 is 2.38 bits per heavy atom. The Morgan fingerprint density at radius 1 is 1.17 bits per heavy atom. The molecule has 2 aromatic rings. The zero-order valence-corrected chi connectivity index (χ0v) is 15.6. The van der Waals surface area contributed by atoms with Crippen LogP contribution >= 0.6 is 23.4 Å². The minimum absolute atomic E-state index is 0.118.